The summed E-state index contributed by atoms with van der Waals surface area (Å²) in [5, 5.41) is 4.39. The van der Waals surface area contributed by atoms with Crippen LogP contribution in [0.3, 0.4) is 0 Å². The maximum Gasteiger partial charge on any atom is 0.220 e. The molecule has 3 nitrogen and oxygen atoms in total. The summed E-state index contributed by atoms with van der Waals surface area (Å²) >= 11 is 0. The second kappa shape index (κ2) is 11.7. The van der Waals surface area contributed by atoms with Gasteiger partial charge in [-0.25, -0.2) is 0 Å². The van der Waals surface area contributed by atoms with Gasteiger partial charge in [0.25, 0.3) is 0 Å². The minimum Gasteiger partial charge on any atom is -0.352 e. The molecule has 0 aliphatic heterocycles. The first kappa shape index (κ1) is 24.6. The Morgan fingerprint density at radius 3 is 2.14 bits per heavy atom. The van der Waals surface area contributed by atoms with Gasteiger partial charge in [-0.05, 0) is 54.0 Å². The standard InChI is InChI=1S/C34H34N2O/c1-26-16-18-29(19-17-26)24-36-25-32(31-14-8-9-15-33(31)36)30(21-20-27-10-4-2-5-11-27)22-34(37)35-23-28-12-6-3-7-13-28/h2-19,25,30H,20-24H2,1H3,(H,35,37)/t30-/m1/s1. The summed E-state index contributed by atoms with van der Waals surface area (Å²) in [7, 11) is 0. The third kappa shape index (κ3) is 6.37. The highest BCUT2D eigenvalue weighted by Crippen LogP contribution is 2.33. The molecule has 0 bridgehead atoms. The molecule has 1 heterocycles. The van der Waals surface area contributed by atoms with Crippen molar-refractivity contribution in [2.45, 2.75) is 45.2 Å². The quantitative estimate of drug-likeness (QED) is 0.219. The molecule has 186 valence electrons. The van der Waals surface area contributed by atoms with Crippen LogP contribution in [0.5, 0.6) is 0 Å². The largest absolute Gasteiger partial charge is 0.352 e. The molecule has 0 spiro atoms. The highest BCUT2D eigenvalue weighted by molar-refractivity contribution is 5.86. The Morgan fingerprint density at radius 1 is 0.757 bits per heavy atom. The van der Waals surface area contributed by atoms with E-state index in [1.54, 1.807) is 0 Å². The summed E-state index contributed by atoms with van der Waals surface area (Å²) < 4.78 is 2.34. The first-order valence-corrected chi connectivity index (χ1v) is 13.1. The minimum atomic E-state index is 0.0947. The van der Waals surface area contributed by atoms with Gasteiger partial charge in [0.1, 0.15) is 0 Å². The highest BCUT2D eigenvalue weighted by atomic mass is 16.1. The van der Waals surface area contributed by atoms with Gasteiger partial charge in [-0.1, -0.05) is 109 Å². The fourth-order valence-corrected chi connectivity index (χ4v) is 5.07. The third-order valence-corrected chi connectivity index (χ3v) is 7.12. The summed E-state index contributed by atoms with van der Waals surface area (Å²) in [6, 6.07) is 38.0. The van der Waals surface area contributed by atoms with Gasteiger partial charge in [0.2, 0.25) is 5.91 Å². The van der Waals surface area contributed by atoms with E-state index in [4.69, 9.17) is 0 Å². The van der Waals surface area contributed by atoms with Crippen LogP contribution < -0.4 is 5.32 Å². The topological polar surface area (TPSA) is 34.0 Å². The second-order valence-electron chi connectivity index (χ2n) is 9.90. The highest BCUT2D eigenvalue weighted by Gasteiger charge is 2.21. The van der Waals surface area contributed by atoms with Gasteiger partial charge in [-0.15, -0.1) is 0 Å². The summed E-state index contributed by atoms with van der Waals surface area (Å²) in [6.45, 7) is 3.49. The molecule has 0 fully saturated rings. The van der Waals surface area contributed by atoms with E-state index < -0.39 is 0 Å². The maximum absolute atomic E-state index is 13.2. The lowest BCUT2D eigenvalue weighted by Gasteiger charge is -2.17. The van der Waals surface area contributed by atoms with Gasteiger partial charge in [0.15, 0.2) is 0 Å². The zero-order chi connectivity index (χ0) is 25.5. The number of benzene rings is 4. The molecular formula is C34H34N2O. The van der Waals surface area contributed by atoms with Crippen LogP contribution >= 0.6 is 0 Å². The second-order valence-corrected chi connectivity index (χ2v) is 9.90. The molecule has 0 unspecified atom stereocenters. The lowest BCUT2D eigenvalue weighted by atomic mass is 9.89. The molecule has 37 heavy (non-hydrogen) atoms. The van der Waals surface area contributed by atoms with Crippen LogP contribution in [0, 0.1) is 6.92 Å². The number of rotatable bonds is 10. The fourth-order valence-electron chi connectivity index (χ4n) is 5.07. The van der Waals surface area contributed by atoms with Gasteiger partial charge >= 0.3 is 0 Å². The van der Waals surface area contributed by atoms with Crippen LogP contribution in [0.2, 0.25) is 0 Å². The normalized spacial score (nSPS) is 11.9. The predicted octanol–water partition coefficient (Wildman–Crippen LogP) is 7.42. The van der Waals surface area contributed by atoms with E-state index in [0.29, 0.717) is 13.0 Å². The molecule has 0 radical (unpaired) electrons. The van der Waals surface area contributed by atoms with Gasteiger partial charge in [-0.3, -0.25) is 4.79 Å². The SMILES string of the molecule is Cc1ccc(Cn2cc([C@H](CCc3ccccc3)CC(=O)NCc3ccccc3)c3ccccc32)cc1. The molecule has 1 amide bonds. The van der Waals surface area contributed by atoms with Crippen molar-refractivity contribution in [2.75, 3.05) is 0 Å². The van der Waals surface area contributed by atoms with Crippen molar-refractivity contribution in [2.24, 2.45) is 0 Å². The maximum atomic E-state index is 13.2. The van der Waals surface area contributed by atoms with E-state index in [-0.39, 0.29) is 11.8 Å². The van der Waals surface area contributed by atoms with Crippen LogP contribution in [0.25, 0.3) is 10.9 Å². The van der Waals surface area contributed by atoms with Gasteiger partial charge in [0, 0.05) is 36.6 Å². The molecule has 0 saturated carbocycles. The molecule has 0 saturated heterocycles. The number of fused-ring (bicyclic) bond motifs is 1. The first-order valence-electron chi connectivity index (χ1n) is 13.1. The summed E-state index contributed by atoms with van der Waals surface area (Å²) in [5.41, 5.74) is 7.44. The summed E-state index contributed by atoms with van der Waals surface area (Å²) in [5.74, 6) is 0.220. The zero-order valence-corrected chi connectivity index (χ0v) is 21.4. The van der Waals surface area contributed by atoms with E-state index >= 15 is 0 Å². The molecule has 3 heteroatoms. The number of amides is 1. The van der Waals surface area contributed by atoms with Crippen molar-refractivity contribution in [1.82, 2.24) is 9.88 Å². The van der Waals surface area contributed by atoms with Crippen LogP contribution in [-0.2, 0) is 24.3 Å². The Kier molecular flexibility index (Phi) is 7.81. The molecule has 1 atom stereocenters. The van der Waals surface area contributed by atoms with Crippen molar-refractivity contribution < 1.29 is 4.79 Å². The Labute approximate surface area is 219 Å². The molecule has 0 aliphatic carbocycles. The summed E-state index contributed by atoms with van der Waals surface area (Å²) in [6.07, 6.45) is 4.61. The van der Waals surface area contributed by atoms with E-state index in [1.165, 1.54) is 33.2 Å². The number of carbonyl (C=O) groups is 1. The molecule has 5 aromatic rings. The Hall–Kier alpha value is -4.11. The molecule has 4 aromatic carbocycles. The van der Waals surface area contributed by atoms with Crippen molar-refractivity contribution in [3.05, 3.63) is 143 Å². The van der Waals surface area contributed by atoms with Gasteiger partial charge in [0.05, 0.1) is 0 Å². The van der Waals surface area contributed by atoms with E-state index in [2.05, 4.69) is 102 Å². The fraction of sp³-hybridized carbons (Fsp3) is 0.206. The zero-order valence-electron chi connectivity index (χ0n) is 21.4. The molecule has 1 N–H and O–H groups in total. The average molecular weight is 487 g/mol. The number of aromatic nitrogens is 1. The first-order chi connectivity index (χ1) is 18.2. The van der Waals surface area contributed by atoms with Crippen LogP contribution in [-0.4, -0.2) is 10.5 Å². The van der Waals surface area contributed by atoms with E-state index in [9.17, 15) is 4.79 Å². The van der Waals surface area contributed by atoms with Crippen LogP contribution in [0.1, 0.15) is 46.6 Å². The monoisotopic (exact) mass is 486 g/mol. The smallest absolute Gasteiger partial charge is 0.220 e. The van der Waals surface area contributed by atoms with Crippen molar-refractivity contribution in [1.29, 1.82) is 0 Å². The number of hydrogen-bond acceptors (Lipinski definition) is 1. The van der Waals surface area contributed by atoms with Crippen molar-refractivity contribution >= 4 is 16.8 Å². The average Bonchev–Trinajstić information content (AvgIpc) is 3.30. The summed E-state index contributed by atoms with van der Waals surface area (Å²) in [4.78, 5) is 13.2. The van der Waals surface area contributed by atoms with Gasteiger partial charge in [-0.2, -0.15) is 0 Å². The van der Waals surface area contributed by atoms with Crippen molar-refractivity contribution in [3.63, 3.8) is 0 Å². The molecule has 1 aromatic heterocycles. The number of nitrogens with zero attached hydrogens (tertiary/aromatic N) is 1. The Bertz CT molecular complexity index is 1440. The third-order valence-electron chi connectivity index (χ3n) is 7.12. The van der Waals surface area contributed by atoms with Crippen LogP contribution in [0.4, 0.5) is 0 Å². The Balaban J connectivity index is 1.41. The minimum absolute atomic E-state index is 0.0947. The number of para-hydroxylation sites is 1. The number of aryl methyl sites for hydroxylation is 2. The predicted molar refractivity (Wildman–Crippen MR) is 153 cm³/mol. The molecule has 0 aliphatic rings. The lowest BCUT2D eigenvalue weighted by molar-refractivity contribution is -0.121. The van der Waals surface area contributed by atoms with Crippen molar-refractivity contribution in [3.8, 4) is 0 Å². The van der Waals surface area contributed by atoms with E-state index in [0.717, 1.165) is 24.9 Å². The van der Waals surface area contributed by atoms with Gasteiger partial charge < -0.3 is 9.88 Å². The lowest BCUT2D eigenvalue weighted by Crippen LogP contribution is -2.24. The van der Waals surface area contributed by atoms with Crippen LogP contribution in [0.15, 0.2) is 115 Å². The molecule has 5 rings (SSSR count). The number of carbonyl (C=O) groups excluding carboxylic acids is 1. The Morgan fingerprint density at radius 2 is 1.41 bits per heavy atom. The molecular weight excluding hydrogens is 452 g/mol. The number of nitrogens with one attached hydrogen (secondary N) is 1. The number of hydrogen-bond donors (Lipinski definition) is 1. The van der Waals surface area contributed by atoms with E-state index in [1.807, 2.05) is 30.3 Å².